The van der Waals surface area contributed by atoms with Crippen molar-refractivity contribution in [3.05, 3.63) is 139 Å². The standard InChI is InChI=1S/C16H12O.2C10H9NO.Ga/c17-16-9-8-14-10-13(6-7-15(14)11-16)12-4-2-1-3-5-12;2*1-7-5-6-8-3-2-4-9(12)10(8)11-7;/h1-11,17H;2*2-6,12H,1H3;/q;;;+3/p-3. The van der Waals surface area contributed by atoms with Crippen molar-refractivity contribution >= 4 is 49.9 Å². The zero-order valence-corrected chi connectivity index (χ0v) is 25.7. The zero-order chi connectivity index (χ0) is 28.5. The van der Waals surface area contributed by atoms with Crippen LogP contribution in [0, 0.1) is 13.8 Å². The first-order valence-electron chi connectivity index (χ1n) is 13.9. The Bertz CT molecular complexity index is 1980. The van der Waals surface area contributed by atoms with Crippen molar-refractivity contribution in [2.75, 3.05) is 0 Å². The molecule has 202 valence electrons. The van der Waals surface area contributed by atoms with E-state index in [4.69, 9.17) is 20.6 Å². The van der Waals surface area contributed by atoms with Gasteiger partial charge in [-0.25, -0.2) is 0 Å². The SMILES string of the molecule is Cc1ccc2cccc([O][Ga]([O]c3ccc4cc(-c5ccccc5)ccc4c3)[O]c3cccc4ccc(C)nc34)c2n1. The molecule has 0 unspecified atom stereocenters. The van der Waals surface area contributed by atoms with E-state index in [0.717, 1.165) is 44.0 Å². The van der Waals surface area contributed by atoms with E-state index >= 15 is 0 Å². The third kappa shape index (κ3) is 5.42. The minimum atomic E-state index is -3.50. The monoisotopic (exact) mass is 604 g/mol. The maximum absolute atomic E-state index is 6.61. The summed E-state index contributed by atoms with van der Waals surface area (Å²) in [6.07, 6.45) is 0. The second-order valence-corrected chi connectivity index (χ2v) is 13.0. The van der Waals surface area contributed by atoms with Gasteiger partial charge in [-0.1, -0.05) is 0 Å². The third-order valence-electron chi connectivity index (χ3n) is 7.24. The summed E-state index contributed by atoms with van der Waals surface area (Å²) < 4.78 is 19.8. The van der Waals surface area contributed by atoms with Crippen LogP contribution in [0.15, 0.2) is 127 Å². The van der Waals surface area contributed by atoms with Crippen molar-refractivity contribution in [3.63, 3.8) is 0 Å². The van der Waals surface area contributed by atoms with Crippen LogP contribution >= 0.6 is 0 Å². The van der Waals surface area contributed by atoms with Crippen LogP contribution in [0.1, 0.15) is 11.4 Å². The zero-order valence-electron chi connectivity index (χ0n) is 23.3. The second kappa shape index (κ2) is 11.2. The number of pyridine rings is 2. The topological polar surface area (TPSA) is 53.5 Å². The maximum atomic E-state index is 6.61. The fourth-order valence-corrected chi connectivity index (χ4v) is 7.87. The minimum absolute atomic E-state index is 0.652. The molecule has 2 heterocycles. The van der Waals surface area contributed by atoms with Crippen LogP contribution in [-0.2, 0) is 0 Å². The van der Waals surface area contributed by atoms with Gasteiger partial charge in [0.05, 0.1) is 0 Å². The number of aryl methyl sites for hydroxylation is 2. The summed E-state index contributed by atoms with van der Waals surface area (Å²) in [5.41, 5.74) is 5.79. The van der Waals surface area contributed by atoms with Crippen LogP contribution in [0.3, 0.4) is 0 Å². The van der Waals surface area contributed by atoms with E-state index in [0.29, 0.717) is 17.2 Å². The Morgan fingerprint density at radius 2 is 1.02 bits per heavy atom. The average molecular weight is 605 g/mol. The molecule has 7 aromatic rings. The summed E-state index contributed by atoms with van der Waals surface area (Å²) in [5, 5.41) is 4.22. The van der Waals surface area contributed by atoms with E-state index in [2.05, 4.69) is 60.7 Å². The molecule has 42 heavy (non-hydrogen) atoms. The normalized spacial score (nSPS) is 11.1. The van der Waals surface area contributed by atoms with Gasteiger partial charge in [0, 0.05) is 0 Å². The molecule has 0 aliphatic carbocycles. The van der Waals surface area contributed by atoms with Gasteiger partial charge in [0.15, 0.2) is 0 Å². The van der Waals surface area contributed by atoms with Gasteiger partial charge in [-0.15, -0.1) is 0 Å². The second-order valence-electron chi connectivity index (χ2n) is 10.3. The quantitative estimate of drug-likeness (QED) is 0.170. The molecule has 0 radical (unpaired) electrons. The number of aromatic nitrogens is 2. The molecule has 0 bridgehead atoms. The molecule has 0 saturated heterocycles. The Morgan fingerprint density at radius 1 is 0.452 bits per heavy atom. The van der Waals surface area contributed by atoms with Crippen LogP contribution in [0.25, 0.3) is 43.7 Å². The van der Waals surface area contributed by atoms with Gasteiger partial charge < -0.3 is 0 Å². The molecule has 5 nitrogen and oxygen atoms in total. The van der Waals surface area contributed by atoms with Crippen molar-refractivity contribution in [1.82, 2.24) is 9.97 Å². The summed E-state index contributed by atoms with van der Waals surface area (Å²) in [4.78, 5) is 9.52. The number of hydrogen-bond donors (Lipinski definition) is 0. The molecule has 0 aliphatic heterocycles. The van der Waals surface area contributed by atoms with Crippen molar-refractivity contribution in [2.24, 2.45) is 0 Å². The molecule has 7 rings (SSSR count). The summed E-state index contributed by atoms with van der Waals surface area (Å²) in [5.74, 6) is 2.01. The fraction of sp³-hybridized carbons (Fsp3) is 0.0556. The predicted molar refractivity (Wildman–Crippen MR) is 170 cm³/mol. The Balaban J connectivity index is 1.25. The molecule has 5 aromatic carbocycles. The molecule has 0 amide bonds. The molecule has 0 aliphatic rings. The first-order chi connectivity index (χ1) is 20.6. The predicted octanol–water partition coefficient (Wildman–Crippen LogP) is 8.74. The number of para-hydroxylation sites is 2. The van der Waals surface area contributed by atoms with E-state index in [-0.39, 0.29) is 0 Å². The number of rotatable bonds is 7. The van der Waals surface area contributed by atoms with Gasteiger partial charge in [0.25, 0.3) is 0 Å². The van der Waals surface area contributed by atoms with Crippen LogP contribution < -0.4 is 10.6 Å². The molecule has 0 N–H and O–H groups in total. The number of hydrogen-bond acceptors (Lipinski definition) is 5. The molecule has 0 spiro atoms. The van der Waals surface area contributed by atoms with Gasteiger partial charge in [-0.2, -0.15) is 0 Å². The summed E-state index contributed by atoms with van der Waals surface area (Å²) in [6, 6.07) is 42.9. The van der Waals surface area contributed by atoms with Crippen molar-refractivity contribution < 1.29 is 10.6 Å². The molecule has 0 saturated carbocycles. The van der Waals surface area contributed by atoms with E-state index in [1.807, 2.05) is 80.6 Å². The fourth-order valence-electron chi connectivity index (χ4n) is 5.12. The Labute approximate surface area is 250 Å². The molecular formula is C36H27GaN2O3. The third-order valence-corrected chi connectivity index (χ3v) is 10.1. The molecule has 2 aromatic heterocycles. The first kappa shape index (κ1) is 26.1. The van der Waals surface area contributed by atoms with Crippen molar-refractivity contribution in [3.8, 4) is 28.4 Å². The van der Waals surface area contributed by atoms with Gasteiger partial charge in [-0.05, 0) is 0 Å². The molecular weight excluding hydrogens is 578 g/mol. The number of nitrogens with zero attached hydrogens (tertiary/aromatic N) is 2. The molecule has 0 fully saturated rings. The van der Waals surface area contributed by atoms with Gasteiger partial charge in [0.1, 0.15) is 0 Å². The van der Waals surface area contributed by atoms with Crippen molar-refractivity contribution in [2.45, 2.75) is 13.8 Å². The summed E-state index contributed by atoms with van der Waals surface area (Å²) in [6.45, 7) is 3.95. The van der Waals surface area contributed by atoms with Crippen molar-refractivity contribution in [1.29, 1.82) is 0 Å². The molecule has 0 atom stereocenters. The number of fused-ring (bicyclic) bond motifs is 3. The van der Waals surface area contributed by atoms with E-state index < -0.39 is 17.3 Å². The van der Waals surface area contributed by atoms with Crippen LogP contribution in [0.4, 0.5) is 0 Å². The first-order valence-corrected chi connectivity index (χ1v) is 16.9. The van der Waals surface area contributed by atoms with Crippen LogP contribution in [0.2, 0.25) is 0 Å². The van der Waals surface area contributed by atoms with Gasteiger partial charge in [-0.3, -0.25) is 0 Å². The van der Waals surface area contributed by atoms with Crippen LogP contribution in [-0.4, -0.2) is 27.3 Å². The van der Waals surface area contributed by atoms with E-state index in [1.54, 1.807) is 0 Å². The summed E-state index contributed by atoms with van der Waals surface area (Å²) in [7, 11) is 0. The Morgan fingerprint density at radius 3 is 1.67 bits per heavy atom. The number of benzene rings is 5. The van der Waals surface area contributed by atoms with Crippen LogP contribution in [0.5, 0.6) is 17.2 Å². The Hall–Kier alpha value is -4.78. The molecule has 6 heteroatoms. The Kier molecular flexibility index (Phi) is 6.99. The average Bonchev–Trinajstić information content (AvgIpc) is 3.02. The van der Waals surface area contributed by atoms with E-state index in [1.165, 1.54) is 11.1 Å². The van der Waals surface area contributed by atoms with Gasteiger partial charge in [0.2, 0.25) is 0 Å². The van der Waals surface area contributed by atoms with Gasteiger partial charge >= 0.3 is 251 Å². The van der Waals surface area contributed by atoms with E-state index in [9.17, 15) is 0 Å². The summed E-state index contributed by atoms with van der Waals surface area (Å²) >= 11 is -3.50.